The normalized spacial score (nSPS) is 23.1. The SMILES string of the molecule is C=C(Cl)C(C)C1OCCCO1. The molecule has 1 unspecified atom stereocenters. The second-order valence-electron chi connectivity index (χ2n) is 2.70. The van der Waals surface area contributed by atoms with Gasteiger partial charge >= 0.3 is 0 Å². The lowest BCUT2D eigenvalue weighted by atomic mass is 10.1. The van der Waals surface area contributed by atoms with Crippen molar-refractivity contribution in [2.45, 2.75) is 19.6 Å². The lowest BCUT2D eigenvalue weighted by molar-refractivity contribution is -0.194. The fraction of sp³-hybridized carbons (Fsp3) is 0.750. The molecular weight excluding hydrogens is 164 g/mol. The van der Waals surface area contributed by atoms with Gasteiger partial charge in [0.2, 0.25) is 0 Å². The summed E-state index contributed by atoms with van der Waals surface area (Å²) < 4.78 is 10.7. The Balaban J connectivity index is 2.38. The molecule has 11 heavy (non-hydrogen) atoms. The molecule has 0 amide bonds. The van der Waals surface area contributed by atoms with E-state index in [0.29, 0.717) is 5.03 Å². The van der Waals surface area contributed by atoms with Crippen molar-refractivity contribution in [3.63, 3.8) is 0 Å². The van der Waals surface area contributed by atoms with E-state index in [1.165, 1.54) is 0 Å². The highest BCUT2D eigenvalue weighted by atomic mass is 35.5. The monoisotopic (exact) mass is 176 g/mol. The third kappa shape index (κ3) is 2.47. The van der Waals surface area contributed by atoms with Crippen LogP contribution in [0.5, 0.6) is 0 Å². The van der Waals surface area contributed by atoms with E-state index >= 15 is 0 Å². The Labute approximate surface area is 72.1 Å². The van der Waals surface area contributed by atoms with Crippen LogP contribution in [0.25, 0.3) is 0 Å². The van der Waals surface area contributed by atoms with E-state index < -0.39 is 0 Å². The lowest BCUT2D eigenvalue weighted by Crippen LogP contribution is -2.30. The number of hydrogen-bond donors (Lipinski definition) is 0. The van der Waals surface area contributed by atoms with Crippen molar-refractivity contribution >= 4 is 11.6 Å². The summed E-state index contributed by atoms with van der Waals surface area (Å²) in [5, 5.41) is 0.594. The average molecular weight is 177 g/mol. The van der Waals surface area contributed by atoms with Crippen molar-refractivity contribution in [1.29, 1.82) is 0 Å². The van der Waals surface area contributed by atoms with Crippen LogP contribution in [0.4, 0.5) is 0 Å². The number of ether oxygens (including phenoxy) is 2. The fourth-order valence-electron chi connectivity index (χ4n) is 0.942. The minimum atomic E-state index is -0.186. The molecule has 1 fully saturated rings. The largest absolute Gasteiger partial charge is 0.352 e. The molecule has 0 aromatic rings. The van der Waals surface area contributed by atoms with E-state index in [0.717, 1.165) is 19.6 Å². The molecule has 0 aromatic heterocycles. The van der Waals surface area contributed by atoms with Crippen LogP contribution < -0.4 is 0 Å². The maximum atomic E-state index is 5.71. The van der Waals surface area contributed by atoms with Crippen LogP contribution in [0.2, 0.25) is 0 Å². The van der Waals surface area contributed by atoms with Crippen LogP contribution >= 0.6 is 11.6 Å². The molecule has 0 saturated carbocycles. The van der Waals surface area contributed by atoms with Crippen LogP contribution in [0.1, 0.15) is 13.3 Å². The molecule has 1 aliphatic heterocycles. The van der Waals surface area contributed by atoms with Crippen LogP contribution in [-0.2, 0) is 9.47 Å². The van der Waals surface area contributed by atoms with Crippen LogP contribution in [-0.4, -0.2) is 19.5 Å². The third-order valence-electron chi connectivity index (χ3n) is 1.76. The maximum absolute atomic E-state index is 5.71. The summed E-state index contributed by atoms with van der Waals surface area (Å²) in [5.41, 5.74) is 0. The molecule has 2 nitrogen and oxygen atoms in total. The topological polar surface area (TPSA) is 18.5 Å². The average Bonchev–Trinajstić information content (AvgIpc) is 2.05. The quantitative estimate of drug-likeness (QED) is 0.642. The van der Waals surface area contributed by atoms with Crippen LogP contribution in [0, 0.1) is 5.92 Å². The van der Waals surface area contributed by atoms with Crippen molar-refractivity contribution in [3.8, 4) is 0 Å². The highest BCUT2D eigenvalue weighted by molar-refractivity contribution is 6.29. The molecular formula is C8H13ClO2. The van der Waals surface area contributed by atoms with E-state index in [1.807, 2.05) is 6.92 Å². The summed E-state index contributed by atoms with van der Waals surface area (Å²) >= 11 is 5.71. The van der Waals surface area contributed by atoms with Gasteiger partial charge in [-0.2, -0.15) is 0 Å². The molecule has 0 radical (unpaired) electrons. The minimum absolute atomic E-state index is 0.0805. The van der Waals surface area contributed by atoms with Crippen LogP contribution in [0.3, 0.4) is 0 Å². The molecule has 0 aliphatic carbocycles. The Morgan fingerprint density at radius 2 is 2.09 bits per heavy atom. The summed E-state index contributed by atoms with van der Waals surface area (Å²) in [5.74, 6) is 0.0805. The first-order valence-electron chi connectivity index (χ1n) is 3.79. The Hall–Kier alpha value is -0.0500. The van der Waals surface area contributed by atoms with E-state index in [9.17, 15) is 0 Å². The van der Waals surface area contributed by atoms with Gasteiger partial charge in [-0.3, -0.25) is 0 Å². The Morgan fingerprint density at radius 1 is 1.55 bits per heavy atom. The summed E-state index contributed by atoms with van der Waals surface area (Å²) in [6.07, 6.45) is 0.784. The van der Waals surface area contributed by atoms with Crippen molar-refractivity contribution in [1.82, 2.24) is 0 Å². The molecule has 0 aromatic carbocycles. The zero-order chi connectivity index (χ0) is 8.27. The summed E-state index contributed by atoms with van der Waals surface area (Å²) in [6.45, 7) is 7.11. The molecule has 1 rings (SSSR count). The van der Waals surface area contributed by atoms with Gasteiger partial charge in [0.15, 0.2) is 6.29 Å². The number of rotatable bonds is 2. The third-order valence-corrected chi connectivity index (χ3v) is 2.10. The van der Waals surface area contributed by atoms with Gasteiger partial charge in [-0.1, -0.05) is 25.1 Å². The molecule has 1 heterocycles. The van der Waals surface area contributed by atoms with Crippen molar-refractivity contribution < 1.29 is 9.47 Å². The van der Waals surface area contributed by atoms with Gasteiger partial charge < -0.3 is 9.47 Å². The van der Waals surface area contributed by atoms with Gasteiger partial charge in [0.05, 0.1) is 13.2 Å². The standard InChI is InChI=1S/C8H13ClO2/c1-6(7(2)9)8-10-4-3-5-11-8/h6,8H,2-5H2,1H3. The van der Waals surface area contributed by atoms with E-state index in [-0.39, 0.29) is 12.2 Å². The van der Waals surface area contributed by atoms with Crippen molar-refractivity contribution in [2.24, 2.45) is 5.92 Å². The van der Waals surface area contributed by atoms with Crippen molar-refractivity contribution in [3.05, 3.63) is 11.6 Å². The van der Waals surface area contributed by atoms with E-state index in [2.05, 4.69) is 6.58 Å². The number of halogens is 1. The van der Waals surface area contributed by atoms with Crippen LogP contribution in [0.15, 0.2) is 11.6 Å². The molecule has 1 atom stereocenters. The van der Waals surface area contributed by atoms with Gasteiger partial charge in [-0.25, -0.2) is 0 Å². The first kappa shape index (κ1) is 9.04. The Kier molecular flexibility index (Phi) is 3.37. The zero-order valence-corrected chi connectivity index (χ0v) is 7.43. The summed E-state index contributed by atoms with van der Waals surface area (Å²) in [4.78, 5) is 0. The number of hydrogen-bond acceptors (Lipinski definition) is 2. The molecule has 0 N–H and O–H groups in total. The smallest absolute Gasteiger partial charge is 0.164 e. The molecule has 64 valence electrons. The highest BCUT2D eigenvalue weighted by Gasteiger charge is 2.22. The second-order valence-corrected chi connectivity index (χ2v) is 3.18. The molecule has 0 spiro atoms. The lowest BCUT2D eigenvalue weighted by Gasteiger charge is -2.27. The van der Waals surface area contributed by atoms with Gasteiger partial charge in [-0.05, 0) is 6.42 Å². The maximum Gasteiger partial charge on any atom is 0.164 e. The zero-order valence-electron chi connectivity index (χ0n) is 6.68. The summed E-state index contributed by atoms with van der Waals surface area (Å²) in [6, 6.07) is 0. The van der Waals surface area contributed by atoms with Gasteiger partial charge in [-0.15, -0.1) is 0 Å². The molecule has 0 bridgehead atoms. The van der Waals surface area contributed by atoms with Crippen molar-refractivity contribution in [2.75, 3.05) is 13.2 Å². The predicted octanol–water partition coefficient (Wildman–Crippen LogP) is 2.14. The van der Waals surface area contributed by atoms with E-state index in [1.54, 1.807) is 0 Å². The summed E-state index contributed by atoms with van der Waals surface area (Å²) in [7, 11) is 0. The van der Waals surface area contributed by atoms with E-state index in [4.69, 9.17) is 21.1 Å². The minimum Gasteiger partial charge on any atom is -0.352 e. The van der Waals surface area contributed by atoms with Gasteiger partial charge in [0, 0.05) is 11.0 Å². The highest BCUT2D eigenvalue weighted by Crippen LogP contribution is 2.22. The molecule has 3 heteroatoms. The second kappa shape index (κ2) is 4.10. The Bertz CT molecular complexity index is 141. The first-order chi connectivity index (χ1) is 5.22. The molecule has 1 saturated heterocycles. The van der Waals surface area contributed by atoms with Gasteiger partial charge in [0.25, 0.3) is 0 Å². The first-order valence-corrected chi connectivity index (χ1v) is 4.17. The Morgan fingerprint density at radius 3 is 2.55 bits per heavy atom. The van der Waals surface area contributed by atoms with Gasteiger partial charge in [0.1, 0.15) is 0 Å². The predicted molar refractivity (Wildman–Crippen MR) is 44.5 cm³/mol. The molecule has 1 aliphatic rings. The fourth-order valence-corrected chi connectivity index (χ4v) is 1.05.